The van der Waals surface area contributed by atoms with Crippen molar-refractivity contribution in [3.05, 3.63) is 96.4 Å². The molecule has 1 amide bonds. The van der Waals surface area contributed by atoms with Gasteiger partial charge in [0.1, 0.15) is 6.61 Å². The molecule has 0 saturated carbocycles. The van der Waals surface area contributed by atoms with E-state index in [1.165, 1.54) is 11.0 Å². The van der Waals surface area contributed by atoms with Crippen molar-refractivity contribution in [2.45, 2.75) is 0 Å². The monoisotopic (exact) mass is 416 g/mol. The van der Waals surface area contributed by atoms with Crippen LogP contribution in [0.15, 0.2) is 89.5 Å². The molecule has 0 radical (unpaired) electrons. The van der Waals surface area contributed by atoms with Crippen molar-refractivity contribution in [1.82, 2.24) is 9.88 Å². The van der Waals surface area contributed by atoms with Crippen LogP contribution in [-0.4, -0.2) is 36.0 Å². The summed E-state index contributed by atoms with van der Waals surface area (Å²) in [4.78, 5) is 19.0. The number of carbonyl (C=O) groups excluding carboxylic acids is 1. The van der Waals surface area contributed by atoms with E-state index >= 15 is 0 Å². The third-order valence-corrected chi connectivity index (χ3v) is 4.82. The predicted octanol–water partition coefficient (Wildman–Crippen LogP) is 5.30. The average molecular weight is 416 g/mol. The van der Waals surface area contributed by atoms with Gasteiger partial charge in [-0.2, -0.15) is 0 Å². The molecule has 31 heavy (non-hydrogen) atoms. The van der Waals surface area contributed by atoms with E-state index in [0.717, 1.165) is 5.56 Å². The van der Waals surface area contributed by atoms with Gasteiger partial charge >= 0.3 is 0 Å². The molecule has 0 bridgehead atoms. The summed E-state index contributed by atoms with van der Waals surface area (Å²) in [5.74, 6) is 0.535. The lowest BCUT2D eigenvalue weighted by molar-refractivity contribution is 0.0773. The number of rotatable bonds is 7. The molecule has 5 nitrogen and oxygen atoms in total. The van der Waals surface area contributed by atoms with Crippen LogP contribution in [0.4, 0.5) is 4.39 Å². The first-order valence-electron chi connectivity index (χ1n) is 9.87. The number of carbonyl (C=O) groups is 1. The van der Waals surface area contributed by atoms with Gasteiger partial charge in [0.15, 0.2) is 17.3 Å². The molecule has 0 atom stereocenters. The number of para-hydroxylation sites is 1. The summed E-state index contributed by atoms with van der Waals surface area (Å²) in [5, 5.41) is 0. The molecule has 0 aliphatic carbocycles. The van der Waals surface area contributed by atoms with Gasteiger partial charge < -0.3 is 14.1 Å². The van der Waals surface area contributed by atoms with Gasteiger partial charge in [-0.15, -0.1) is 0 Å². The molecule has 4 aromatic rings. The second-order valence-corrected chi connectivity index (χ2v) is 6.95. The first-order chi connectivity index (χ1) is 15.1. The highest BCUT2D eigenvalue weighted by Gasteiger charge is 2.19. The Hall–Kier alpha value is -3.93. The van der Waals surface area contributed by atoms with Crippen LogP contribution in [0.2, 0.25) is 0 Å². The maximum absolute atomic E-state index is 13.7. The molecule has 4 rings (SSSR count). The van der Waals surface area contributed by atoms with Gasteiger partial charge in [0.25, 0.3) is 5.91 Å². The molecule has 6 heteroatoms. The number of hydrogen-bond acceptors (Lipinski definition) is 4. The maximum Gasteiger partial charge on any atom is 0.254 e. The Morgan fingerprint density at radius 1 is 1.00 bits per heavy atom. The number of halogens is 1. The third-order valence-electron chi connectivity index (χ3n) is 4.82. The SMILES string of the molecule is CN(CCOc1ccccc1F)C(=O)c1ccccc1-c1ncc(-c2ccccc2)o1. The van der Waals surface area contributed by atoms with E-state index in [1.54, 1.807) is 49.6 Å². The normalized spacial score (nSPS) is 10.6. The fourth-order valence-electron chi connectivity index (χ4n) is 3.15. The summed E-state index contributed by atoms with van der Waals surface area (Å²) in [7, 11) is 1.68. The zero-order valence-electron chi connectivity index (χ0n) is 17.0. The standard InChI is InChI=1S/C25H21FN2O3/c1-28(15-16-30-22-14-8-7-13-21(22)26)25(29)20-12-6-5-11-19(20)24-27-17-23(31-24)18-9-3-2-4-10-18/h2-14,17H,15-16H2,1H3. The molecule has 0 N–H and O–H groups in total. The van der Waals surface area contributed by atoms with Gasteiger partial charge in [-0.1, -0.05) is 54.6 Å². The second kappa shape index (κ2) is 9.26. The van der Waals surface area contributed by atoms with Crippen molar-refractivity contribution in [3.63, 3.8) is 0 Å². The predicted molar refractivity (Wildman–Crippen MR) is 116 cm³/mol. The summed E-state index contributed by atoms with van der Waals surface area (Å²) >= 11 is 0. The molecule has 0 aliphatic heterocycles. The van der Waals surface area contributed by atoms with Gasteiger partial charge in [-0.25, -0.2) is 9.37 Å². The third kappa shape index (κ3) is 4.64. The van der Waals surface area contributed by atoms with E-state index in [0.29, 0.717) is 29.3 Å². The number of benzene rings is 3. The molecule has 1 heterocycles. The molecule has 3 aromatic carbocycles. The minimum Gasteiger partial charge on any atom is -0.489 e. The first kappa shape index (κ1) is 20.3. The van der Waals surface area contributed by atoms with Crippen LogP contribution in [0.5, 0.6) is 5.75 Å². The maximum atomic E-state index is 13.7. The Morgan fingerprint density at radius 2 is 1.71 bits per heavy atom. The van der Waals surface area contributed by atoms with Crippen LogP contribution in [0.25, 0.3) is 22.8 Å². The molecule has 0 fully saturated rings. The lowest BCUT2D eigenvalue weighted by atomic mass is 10.1. The fourth-order valence-corrected chi connectivity index (χ4v) is 3.15. The van der Waals surface area contributed by atoms with E-state index in [1.807, 2.05) is 36.4 Å². The Labute approximate surface area is 179 Å². The van der Waals surface area contributed by atoms with Crippen LogP contribution in [-0.2, 0) is 0 Å². The largest absolute Gasteiger partial charge is 0.489 e. The highest BCUT2D eigenvalue weighted by atomic mass is 19.1. The summed E-state index contributed by atoms with van der Waals surface area (Å²) < 4.78 is 25.1. The molecule has 0 spiro atoms. The highest BCUT2D eigenvalue weighted by Crippen LogP contribution is 2.28. The zero-order valence-corrected chi connectivity index (χ0v) is 17.0. The van der Waals surface area contributed by atoms with Crippen LogP contribution in [0.1, 0.15) is 10.4 Å². The van der Waals surface area contributed by atoms with E-state index in [-0.39, 0.29) is 18.3 Å². The number of amides is 1. The summed E-state index contributed by atoms with van der Waals surface area (Å²) in [6, 6.07) is 23.0. The van der Waals surface area contributed by atoms with Crippen LogP contribution in [0, 0.1) is 5.82 Å². The van der Waals surface area contributed by atoms with E-state index < -0.39 is 5.82 Å². The second-order valence-electron chi connectivity index (χ2n) is 6.95. The Kier molecular flexibility index (Phi) is 6.08. The molecule has 0 unspecified atom stereocenters. The van der Waals surface area contributed by atoms with Gasteiger partial charge in [0.2, 0.25) is 5.89 Å². The Bertz CT molecular complexity index is 1170. The fraction of sp³-hybridized carbons (Fsp3) is 0.120. The summed E-state index contributed by atoms with van der Waals surface area (Å²) in [6.07, 6.45) is 1.65. The molecular weight excluding hydrogens is 395 g/mol. The lowest BCUT2D eigenvalue weighted by Gasteiger charge is -2.19. The number of likely N-dealkylation sites (N-methyl/N-ethyl adjacent to an activating group) is 1. The van der Waals surface area contributed by atoms with Crippen molar-refractivity contribution in [2.24, 2.45) is 0 Å². The minimum absolute atomic E-state index is 0.164. The number of oxazole rings is 1. The topological polar surface area (TPSA) is 55.6 Å². The van der Waals surface area contributed by atoms with Crippen molar-refractivity contribution in [3.8, 4) is 28.5 Å². The van der Waals surface area contributed by atoms with Crippen LogP contribution in [0.3, 0.4) is 0 Å². The minimum atomic E-state index is -0.431. The number of hydrogen-bond donors (Lipinski definition) is 0. The molecule has 0 aliphatic rings. The first-order valence-corrected chi connectivity index (χ1v) is 9.87. The molecule has 0 saturated heterocycles. The smallest absolute Gasteiger partial charge is 0.254 e. The van der Waals surface area contributed by atoms with Gasteiger partial charge in [-0.3, -0.25) is 4.79 Å². The van der Waals surface area contributed by atoms with Crippen molar-refractivity contribution in [2.75, 3.05) is 20.2 Å². The Morgan fingerprint density at radius 3 is 2.52 bits per heavy atom. The van der Waals surface area contributed by atoms with Gasteiger partial charge in [0.05, 0.1) is 18.3 Å². The number of ether oxygens (including phenoxy) is 1. The molecule has 1 aromatic heterocycles. The van der Waals surface area contributed by atoms with E-state index in [2.05, 4.69) is 4.98 Å². The van der Waals surface area contributed by atoms with Crippen LogP contribution >= 0.6 is 0 Å². The average Bonchev–Trinajstić information content (AvgIpc) is 3.30. The van der Waals surface area contributed by atoms with Gasteiger partial charge in [0, 0.05) is 18.2 Å². The highest BCUT2D eigenvalue weighted by molar-refractivity contribution is 5.99. The van der Waals surface area contributed by atoms with E-state index in [4.69, 9.17) is 9.15 Å². The number of nitrogens with zero attached hydrogens (tertiary/aromatic N) is 2. The molecular formula is C25H21FN2O3. The quantitative estimate of drug-likeness (QED) is 0.410. The van der Waals surface area contributed by atoms with Crippen molar-refractivity contribution >= 4 is 5.91 Å². The summed E-state index contributed by atoms with van der Waals surface area (Å²) in [6.45, 7) is 0.463. The molecule has 156 valence electrons. The van der Waals surface area contributed by atoms with E-state index in [9.17, 15) is 9.18 Å². The Balaban J connectivity index is 1.48. The summed E-state index contributed by atoms with van der Waals surface area (Å²) in [5.41, 5.74) is 1.99. The lowest BCUT2D eigenvalue weighted by Crippen LogP contribution is -2.31. The number of aromatic nitrogens is 1. The van der Waals surface area contributed by atoms with Crippen LogP contribution < -0.4 is 4.74 Å². The van der Waals surface area contributed by atoms with Gasteiger partial charge in [-0.05, 0) is 24.3 Å². The van der Waals surface area contributed by atoms with Crippen molar-refractivity contribution in [1.29, 1.82) is 0 Å². The zero-order chi connectivity index (χ0) is 21.6. The van der Waals surface area contributed by atoms with Crippen molar-refractivity contribution < 1.29 is 18.3 Å².